The maximum absolute atomic E-state index is 12.7. The van der Waals surface area contributed by atoms with E-state index in [9.17, 15) is 13.2 Å². The molecule has 0 amide bonds. The normalized spacial score (nSPS) is 16.8. The van der Waals surface area contributed by atoms with Crippen LogP contribution >= 0.6 is 0 Å². The number of benzene rings is 1. The van der Waals surface area contributed by atoms with Crippen LogP contribution < -0.4 is 10.1 Å². The third kappa shape index (κ3) is 5.07. The number of aromatic nitrogens is 2. The van der Waals surface area contributed by atoms with Gasteiger partial charge in [-0.1, -0.05) is 19.0 Å². The minimum absolute atomic E-state index is 0.0971. The topological polar surface area (TPSA) is 72.5 Å². The maximum atomic E-state index is 12.7. The van der Waals surface area contributed by atoms with E-state index in [1.165, 1.54) is 0 Å². The first-order valence-electron chi connectivity index (χ1n) is 9.60. The van der Waals surface area contributed by atoms with Crippen molar-refractivity contribution in [2.75, 3.05) is 13.2 Å². The van der Waals surface area contributed by atoms with Crippen LogP contribution in [0.4, 0.5) is 13.2 Å². The van der Waals surface area contributed by atoms with Crippen molar-refractivity contribution in [1.29, 1.82) is 0 Å². The van der Waals surface area contributed by atoms with Gasteiger partial charge in [0.2, 0.25) is 5.82 Å². The van der Waals surface area contributed by atoms with Crippen molar-refractivity contribution in [3.63, 3.8) is 0 Å². The number of alkyl halides is 3. The van der Waals surface area contributed by atoms with Gasteiger partial charge in [0.05, 0.1) is 19.0 Å². The predicted molar refractivity (Wildman–Crippen MR) is 103 cm³/mol. The lowest BCUT2D eigenvalue weighted by molar-refractivity contribution is -0.159. The van der Waals surface area contributed by atoms with E-state index in [0.29, 0.717) is 24.1 Å². The third-order valence-electron chi connectivity index (χ3n) is 4.83. The van der Waals surface area contributed by atoms with Gasteiger partial charge >= 0.3 is 12.1 Å². The van der Waals surface area contributed by atoms with Gasteiger partial charge in [0, 0.05) is 18.0 Å². The van der Waals surface area contributed by atoms with Crippen molar-refractivity contribution < 1.29 is 22.4 Å². The van der Waals surface area contributed by atoms with Crippen LogP contribution in [0.25, 0.3) is 11.4 Å². The number of aryl methyl sites for hydroxylation is 2. The van der Waals surface area contributed by atoms with Gasteiger partial charge in [-0.3, -0.25) is 4.99 Å². The van der Waals surface area contributed by atoms with E-state index in [-0.39, 0.29) is 5.82 Å². The number of ether oxygens (including phenoxy) is 1. The van der Waals surface area contributed by atoms with Gasteiger partial charge in [0.1, 0.15) is 5.75 Å². The molecule has 6 nitrogen and oxygen atoms in total. The van der Waals surface area contributed by atoms with E-state index in [2.05, 4.69) is 38.8 Å². The molecule has 1 aromatic carbocycles. The molecule has 0 aliphatic carbocycles. The fraction of sp³-hybridized carbons (Fsp3) is 0.550. The summed E-state index contributed by atoms with van der Waals surface area (Å²) in [6.45, 7) is 9.37. The lowest BCUT2D eigenvalue weighted by Gasteiger charge is -2.16. The van der Waals surface area contributed by atoms with Crippen LogP contribution in [0, 0.1) is 19.8 Å². The van der Waals surface area contributed by atoms with Gasteiger partial charge in [-0.15, -0.1) is 0 Å². The average molecular weight is 410 g/mol. The quantitative estimate of drug-likeness (QED) is 0.678. The highest BCUT2D eigenvalue weighted by molar-refractivity contribution is 5.84. The molecule has 158 valence electrons. The van der Waals surface area contributed by atoms with Gasteiger partial charge in [0.25, 0.3) is 0 Å². The van der Waals surface area contributed by atoms with Crippen molar-refractivity contribution in [1.82, 2.24) is 15.5 Å². The van der Waals surface area contributed by atoms with Crippen LogP contribution in [0.2, 0.25) is 0 Å². The number of rotatable bonds is 7. The summed E-state index contributed by atoms with van der Waals surface area (Å²) in [5, 5.41) is 6.88. The molecule has 9 heteroatoms. The molecule has 1 aliphatic heterocycles. The first-order valence-corrected chi connectivity index (χ1v) is 9.60. The molecule has 0 fully saturated rings. The Morgan fingerprint density at radius 1 is 1.24 bits per heavy atom. The second kappa shape index (κ2) is 8.42. The Morgan fingerprint density at radius 3 is 2.48 bits per heavy atom. The van der Waals surface area contributed by atoms with Crippen molar-refractivity contribution in [3.8, 4) is 17.1 Å². The average Bonchev–Trinajstić information content (AvgIpc) is 3.29. The zero-order valence-corrected chi connectivity index (χ0v) is 16.9. The smallest absolute Gasteiger partial charge is 0.471 e. The molecule has 29 heavy (non-hydrogen) atoms. The Bertz CT molecular complexity index is 867. The minimum atomic E-state index is -4.66. The Hall–Kier alpha value is -2.58. The highest BCUT2D eigenvalue weighted by Crippen LogP contribution is 2.32. The van der Waals surface area contributed by atoms with Crippen molar-refractivity contribution >= 4 is 5.84 Å². The lowest BCUT2D eigenvalue weighted by atomic mass is 10.1. The summed E-state index contributed by atoms with van der Waals surface area (Å²) in [4.78, 5) is 7.97. The monoisotopic (exact) mass is 410 g/mol. The molecule has 0 bridgehead atoms. The largest absolute Gasteiger partial charge is 0.493 e. The van der Waals surface area contributed by atoms with Crippen molar-refractivity contribution in [2.45, 2.75) is 52.8 Å². The summed E-state index contributed by atoms with van der Waals surface area (Å²) in [6, 6.07) is 3.80. The third-order valence-corrected chi connectivity index (χ3v) is 4.83. The number of halogens is 3. The summed E-state index contributed by atoms with van der Waals surface area (Å²) < 4.78 is 48.2. The molecule has 1 N–H and O–H groups in total. The van der Waals surface area contributed by atoms with E-state index in [1.54, 1.807) is 12.1 Å². The van der Waals surface area contributed by atoms with Gasteiger partial charge in [-0.2, -0.15) is 18.2 Å². The van der Waals surface area contributed by atoms with Crippen LogP contribution in [-0.4, -0.2) is 35.2 Å². The molecule has 0 saturated heterocycles. The molecule has 0 spiro atoms. The van der Waals surface area contributed by atoms with E-state index >= 15 is 0 Å². The standard InChI is InChI=1S/C20H25F3N4O2/c1-11(2)15-10-24-16(25-15)6-5-7-28-17-12(3)8-14(9-13(17)4)18-26-19(29-27-18)20(21,22)23/h8-9,11,15H,5-7,10H2,1-4H3,(H,24,25). The highest BCUT2D eigenvalue weighted by atomic mass is 19.4. The SMILES string of the molecule is Cc1cc(-c2noc(C(F)(F)F)n2)cc(C)c1OCCCC1=NCC(C(C)C)N1. The molecule has 1 atom stereocenters. The first-order chi connectivity index (χ1) is 13.6. The van der Waals surface area contributed by atoms with Gasteiger partial charge in [0.15, 0.2) is 0 Å². The van der Waals surface area contributed by atoms with E-state index < -0.39 is 12.1 Å². The van der Waals surface area contributed by atoms with Crippen LogP contribution in [0.1, 0.15) is 43.7 Å². The predicted octanol–water partition coefficient (Wildman–Crippen LogP) is 4.56. The van der Waals surface area contributed by atoms with Crippen LogP contribution in [-0.2, 0) is 6.18 Å². The van der Waals surface area contributed by atoms with E-state index in [4.69, 9.17) is 4.74 Å². The Morgan fingerprint density at radius 2 is 1.93 bits per heavy atom. The minimum Gasteiger partial charge on any atom is -0.493 e. The summed E-state index contributed by atoms with van der Waals surface area (Å²) in [7, 11) is 0. The fourth-order valence-corrected chi connectivity index (χ4v) is 3.22. The first kappa shape index (κ1) is 21.1. The van der Waals surface area contributed by atoms with Crippen LogP contribution in [0.3, 0.4) is 0 Å². The molecular weight excluding hydrogens is 385 g/mol. The van der Waals surface area contributed by atoms with Gasteiger partial charge < -0.3 is 14.6 Å². The van der Waals surface area contributed by atoms with E-state index in [1.807, 2.05) is 13.8 Å². The lowest BCUT2D eigenvalue weighted by Crippen LogP contribution is -2.34. The second-order valence-electron chi connectivity index (χ2n) is 7.59. The number of hydrogen-bond acceptors (Lipinski definition) is 6. The number of hydrogen-bond donors (Lipinski definition) is 1. The maximum Gasteiger partial charge on any atom is 0.471 e. The fourth-order valence-electron chi connectivity index (χ4n) is 3.22. The van der Waals surface area contributed by atoms with Crippen molar-refractivity contribution in [3.05, 3.63) is 29.2 Å². The van der Waals surface area contributed by atoms with Crippen molar-refractivity contribution in [2.24, 2.45) is 10.9 Å². The number of aliphatic imine (C=N–C) groups is 1. The Balaban J connectivity index is 1.58. The van der Waals surface area contributed by atoms with Gasteiger partial charge in [-0.05, 0) is 49.4 Å². The zero-order chi connectivity index (χ0) is 21.2. The Kier molecular flexibility index (Phi) is 6.14. The number of amidine groups is 1. The number of nitrogens with zero attached hydrogens (tertiary/aromatic N) is 3. The molecule has 2 heterocycles. The molecule has 1 unspecified atom stereocenters. The molecule has 0 radical (unpaired) electrons. The summed E-state index contributed by atoms with van der Waals surface area (Å²) in [5.74, 6) is 0.831. The zero-order valence-electron chi connectivity index (χ0n) is 16.9. The van der Waals surface area contributed by atoms with E-state index in [0.717, 1.165) is 42.1 Å². The highest BCUT2D eigenvalue weighted by Gasteiger charge is 2.38. The van der Waals surface area contributed by atoms with Gasteiger partial charge in [-0.25, -0.2) is 0 Å². The Labute approximate surface area is 167 Å². The second-order valence-corrected chi connectivity index (χ2v) is 7.59. The van der Waals surface area contributed by atoms with Crippen LogP contribution in [0.15, 0.2) is 21.6 Å². The molecule has 1 aliphatic rings. The number of nitrogens with one attached hydrogen (secondary N) is 1. The molecule has 3 rings (SSSR count). The molecular formula is C20H25F3N4O2. The molecule has 1 aromatic heterocycles. The summed E-state index contributed by atoms with van der Waals surface area (Å²) in [5.41, 5.74) is 2.06. The summed E-state index contributed by atoms with van der Waals surface area (Å²) >= 11 is 0. The molecule has 2 aromatic rings. The van der Waals surface area contributed by atoms with Crippen LogP contribution in [0.5, 0.6) is 5.75 Å². The summed E-state index contributed by atoms with van der Waals surface area (Å²) in [6.07, 6.45) is -3.02. The molecule has 0 saturated carbocycles.